The summed E-state index contributed by atoms with van der Waals surface area (Å²) in [6.07, 6.45) is 0.943. The second-order valence-corrected chi connectivity index (χ2v) is 5.10. The van der Waals surface area contributed by atoms with Crippen molar-refractivity contribution in [2.24, 2.45) is 0 Å². The van der Waals surface area contributed by atoms with Crippen LogP contribution in [-0.4, -0.2) is 19.7 Å². The molecule has 0 radical (unpaired) electrons. The number of nitro benzene ring substituents is 1. The van der Waals surface area contributed by atoms with E-state index in [1.54, 1.807) is 12.1 Å². The zero-order chi connectivity index (χ0) is 14.7. The quantitative estimate of drug-likeness (QED) is 0.475. The molecule has 0 amide bonds. The lowest BCUT2D eigenvalue weighted by molar-refractivity contribution is -0.384. The third-order valence-electron chi connectivity index (χ3n) is 2.93. The topological polar surface area (TPSA) is 73.8 Å². The molecule has 0 aliphatic heterocycles. The third kappa shape index (κ3) is 2.87. The smallest absolute Gasteiger partial charge is 0.270 e. The van der Waals surface area contributed by atoms with E-state index >= 15 is 0 Å². The zero-order valence-electron chi connectivity index (χ0n) is 11.3. The van der Waals surface area contributed by atoms with Crippen LogP contribution in [-0.2, 0) is 11.9 Å². The van der Waals surface area contributed by atoms with E-state index in [0.717, 1.165) is 29.9 Å². The molecule has 106 valence electrons. The summed E-state index contributed by atoms with van der Waals surface area (Å²) in [5.41, 5.74) is 1.64. The molecule has 0 aliphatic rings. The van der Waals surface area contributed by atoms with Crippen LogP contribution in [0.2, 0.25) is 0 Å². The van der Waals surface area contributed by atoms with E-state index in [2.05, 4.69) is 33.1 Å². The van der Waals surface area contributed by atoms with Gasteiger partial charge < -0.3 is 4.57 Å². The van der Waals surface area contributed by atoms with Crippen LogP contribution in [0.25, 0.3) is 11.4 Å². The fourth-order valence-corrected chi connectivity index (χ4v) is 2.52. The number of benzene rings is 1. The van der Waals surface area contributed by atoms with E-state index in [1.807, 2.05) is 17.6 Å². The Labute approximate surface area is 125 Å². The molecule has 20 heavy (non-hydrogen) atoms. The summed E-state index contributed by atoms with van der Waals surface area (Å²) >= 11 is 3.38. The highest BCUT2D eigenvalue weighted by atomic mass is 79.9. The van der Waals surface area contributed by atoms with Gasteiger partial charge in [-0.1, -0.05) is 22.9 Å². The van der Waals surface area contributed by atoms with E-state index < -0.39 is 0 Å². The molecule has 0 aliphatic carbocycles. The first kappa shape index (κ1) is 14.6. The van der Waals surface area contributed by atoms with Crippen molar-refractivity contribution in [2.75, 3.05) is 0 Å². The van der Waals surface area contributed by atoms with Gasteiger partial charge >= 0.3 is 0 Å². The molecule has 0 N–H and O–H groups in total. The van der Waals surface area contributed by atoms with Crippen LogP contribution in [0.15, 0.2) is 18.2 Å². The monoisotopic (exact) mass is 338 g/mol. The van der Waals surface area contributed by atoms with Crippen molar-refractivity contribution in [2.45, 2.75) is 32.1 Å². The fourth-order valence-electron chi connectivity index (χ4n) is 2.10. The van der Waals surface area contributed by atoms with Crippen LogP contribution in [0.1, 0.15) is 24.7 Å². The Kier molecular flexibility index (Phi) is 4.49. The van der Waals surface area contributed by atoms with Gasteiger partial charge in [0.25, 0.3) is 5.69 Å². The second kappa shape index (κ2) is 6.13. The molecule has 6 nitrogen and oxygen atoms in total. The van der Waals surface area contributed by atoms with Crippen LogP contribution < -0.4 is 0 Å². The Hall–Kier alpha value is -1.76. The predicted octanol–water partition coefficient (Wildman–Crippen LogP) is 3.47. The second-order valence-electron chi connectivity index (χ2n) is 4.54. The molecular formula is C13H15BrN4O2. The number of alkyl halides is 1. The molecule has 7 heteroatoms. The lowest BCUT2D eigenvalue weighted by Gasteiger charge is -2.08. The maximum absolute atomic E-state index is 11.0. The molecule has 1 aromatic carbocycles. The maximum atomic E-state index is 11.0. The first-order chi connectivity index (χ1) is 9.56. The van der Waals surface area contributed by atoms with Gasteiger partial charge in [-0.05, 0) is 25.0 Å². The van der Waals surface area contributed by atoms with E-state index in [1.165, 1.54) is 0 Å². The minimum atomic E-state index is -0.386. The molecule has 2 rings (SSSR count). The van der Waals surface area contributed by atoms with Crippen molar-refractivity contribution >= 4 is 21.6 Å². The standard InChI is InChI=1S/C13H15BrN4O2/c1-3-4-17-12(8-14)15-16-13(17)10-5-9(2)6-11(7-10)18(19)20/h5-7H,3-4,8H2,1-2H3. The summed E-state index contributed by atoms with van der Waals surface area (Å²) in [6.45, 7) is 4.69. The first-order valence-corrected chi connectivity index (χ1v) is 7.43. The van der Waals surface area contributed by atoms with Gasteiger partial charge in [0.15, 0.2) is 5.82 Å². The van der Waals surface area contributed by atoms with Gasteiger partial charge in [-0.2, -0.15) is 0 Å². The van der Waals surface area contributed by atoms with Crippen LogP contribution >= 0.6 is 15.9 Å². The van der Waals surface area contributed by atoms with Crippen LogP contribution in [0, 0.1) is 17.0 Å². The normalized spacial score (nSPS) is 10.8. The summed E-state index contributed by atoms with van der Waals surface area (Å²) < 4.78 is 1.99. The van der Waals surface area contributed by atoms with E-state index in [0.29, 0.717) is 11.2 Å². The first-order valence-electron chi connectivity index (χ1n) is 6.31. The third-order valence-corrected chi connectivity index (χ3v) is 3.43. The van der Waals surface area contributed by atoms with Gasteiger partial charge in [-0.3, -0.25) is 10.1 Å². The number of rotatable bonds is 5. The van der Waals surface area contributed by atoms with Crippen LogP contribution in [0.3, 0.4) is 0 Å². The molecule has 0 unspecified atom stereocenters. The Bertz CT molecular complexity index is 639. The maximum Gasteiger partial charge on any atom is 0.270 e. The largest absolute Gasteiger partial charge is 0.310 e. The highest BCUT2D eigenvalue weighted by Crippen LogP contribution is 2.26. The van der Waals surface area contributed by atoms with Crippen LogP contribution in [0.5, 0.6) is 0 Å². The van der Waals surface area contributed by atoms with Gasteiger partial charge in [0, 0.05) is 24.2 Å². The molecule has 1 aromatic heterocycles. The molecule has 2 aromatic rings. The van der Waals surface area contributed by atoms with Crippen molar-refractivity contribution in [3.63, 3.8) is 0 Å². The minimum absolute atomic E-state index is 0.0754. The number of aryl methyl sites for hydroxylation is 1. The van der Waals surface area contributed by atoms with Gasteiger partial charge in [0.05, 0.1) is 10.3 Å². The number of hydrogen-bond donors (Lipinski definition) is 0. The molecule has 0 fully saturated rings. The molecule has 1 heterocycles. The predicted molar refractivity (Wildman–Crippen MR) is 79.8 cm³/mol. The molecular weight excluding hydrogens is 324 g/mol. The molecule has 0 atom stereocenters. The molecule has 0 spiro atoms. The van der Waals surface area contributed by atoms with Crippen molar-refractivity contribution in [1.29, 1.82) is 0 Å². The average Bonchev–Trinajstić information content (AvgIpc) is 2.81. The fraction of sp³-hybridized carbons (Fsp3) is 0.385. The van der Waals surface area contributed by atoms with E-state index in [-0.39, 0.29) is 10.6 Å². The van der Waals surface area contributed by atoms with Crippen molar-refractivity contribution < 1.29 is 4.92 Å². The molecule has 0 saturated heterocycles. The number of halogens is 1. The number of non-ortho nitro benzene ring substituents is 1. The summed E-state index contributed by atoms with van der Waals surface area (Å²) in [6, 6.07) is 4.98. The number of aromatic nitrogens is 3. The average molecular weight is 339 g/mol. The number of nitro groups is 1. The number of hydrogen-bond acceptors (Lipinski definition) is 4. The van der Waals surface area contributed by atoms with Crippen molar-refractivity contribution in [3.8, 4) is 11.4 Å². The minimum Gasteiger partial charge on any atom is -0.310 e. The molecule has 0 bridgehead atoms. The van der Waals surface area contributed by atoms with Gasteiger partial charge in [0.2, 0.25) is 0 Å². The Morgan fingerprint density at radius 1 is 1.35 bits per heavy atom. The SMILES string of the molecule is CCCn1c(CBr)nnc1-c1cc(C)cc([N+](=O)[O-])c1. The van der Waals surface area contributed by atoms with Gasteiger partial charge in [-0.15, -0.1) is 10.2 Å². The van der Waals surface area contributed by atoms with Gasteiger partial charge in [0.1, 0.15) is 5.82 Å². The highest BCUT2D eigenvalue weighted by molar-refractivity contribution is 9.08. The Morgan fingerprint density at radius 3 is 2.70 bits per heavy atom. The van der Waals surface area contributed by atoms with Crippen molar-refractivity contribution in [1.82, 2.24) is 14.8 Å². The van der Waals surface area contributed by atoms with Crippen LogP contribution in [0.4, 0.5) is 5.69 Å². The zero-order valence-corrected chi connectivity index (χ0v) is 12.9. The number of nitrogens with zero attached hydrogens (tertiary/aromatic N) is 4. The van der Waals surface area contributed by atoms with E-state index in [9.17, 15) is 10.1 Å². The lowest BCUT2D eigenvalue weighted by atomic mass is 10.1. The summed E-state index contributed by atoms with van der Waals surface area (Å²) in [5, 5.41) is 19.9. The summed E-state index contributed by atoms with van der Waals surface area (Å²) in [7, 11) is 0. The highest BCUT2D eigenvalue weighted by Gasteiger charge is 2.16. The lowest BCUT2D eigenvalue weighted by Crippen LogP contribution is -2.04. The van der Waals surface area contributed by atoms with E-state index in [4.69, 9.17) is 0 Å². The van der Waals surface area contributed by atoms with Gasteiger partial charge in [-0.25, -0.2) is 0 Å². The Balaban J connectivity index is 2.56. The van der Waals surface area contributed by atoms with Crippen molar-refractivity contribution in [3.05, 3.63) is 39.7 Å². The summed E-state index contributed by atoms with van der Waals surface area (Å²) in [5.74, 6) is 1.50. The summed E-state index contributed by atoms with van der Waals surface area (Å²) in [4.78, 5) is 10.6. The Morgan fingerprint density at radius 2 is 2.10 bits per heavy atom. The molecule has 0 saturated carbocycles.